The van der Waals surface area contributed by atoms with E-state index in [4.69, 9.17) is 15.0 Å². The van der Waals surface area contributed by atoms with Gasteiger partial charge in [-0.15, -0.1) is 0 Å². The minimum atomic E-state index is -1.88. The normalized spacial score (nSPS) is 13.9. The van der Waals surface area contributed by atoms with E-state index in [1.807, 2.05) is 24.3 Å². The predicted molar refractivity (Wildman–Crippen MR) is 124 cm³/mol. The maximum Gasteiger partial charge on any atom is 0.475 e. The minimum absolute atomic E-state index is 0.0639. The molecular weight excluding hydrogens is 443 g/mol. The molecule has 0 radical (unpaired) electrons. The molecule has 0 saturated carbocycles. The molecule has 3 rings (SSSR count). The highest BCUT2D eigenvalue weighted by atomic mass is 16.4. The molecule has 1 aliphatic heterocycles. The van der Waals surface area contributed by atoms with Crippen molar-refractivity contribution >= 4 is 25.5 Å². The number of benzene rings is 2. The molecule has 0 unspecified atom stereocenters. The number of aromatic hydroxyl groups is 1. The number of nitrogens with one attached hydrogen (secondary N) is 1. The third kappa shape index (κ3) is 8.18. The molecule has 1 fully saturated rings. The Bertz CT molecular complexity index is 962. The summed E-state index contributed by atoms with van der Waals surface area (Å²) in [6, 6.07) is 11.9. The van der Waals surface area contributed by atoms with Crippen LogP contribution in [0.5, 0.6) is 5.75 Å². The van der Waals surface area contributed by atoms with E-state index in [1.165, 1.54) is 36.6 Å². The Morgan fingerprint density at radius 2 is 1.65 bits per heavy atom. The number of para-hydroxylation sites is 1. The molecule has 1 amide bonds. The lowest BCUT2D eigenvalue weighted by atomic mass is 9.75. The van der Waals surface area contributed by atoms with E-state index in [2.05, 4.69) is 10.2 Å². The second-order valence-corrected chi connectivity index (χ2v) is 7.99. The summed E-state index contributed by atoms with van der Waals surface area (Å²) in [5.74, 6) is -3.25. The maximum absolute atomic E-state index is 12.4. The van der Waals surface area contributed by atoms with E-state index in [-0.39, 0.29) is 30.4 Å². The first kappa shape index (κ1) is 26.8. The van der Waals surface area contributed by atoms with Crippen LogP contribution in [0, 0.1) is 0 Å². The van der Waals surface area contributed by atoms with E-state index >= 15 is 0 Å². The highest BCUT2D eigenvalue weighted by molar-refractivity contribution is 6.43. The number of carbonyl (C=O) groups excluding carboxylic acids is 1. The first-order chi connectivity index (χ1) is 16.2. The number of carbonyl (C=O) groups is 3. The number of hydrogen-bond donors (Lipinski definition) is 6. The molecule has 1 aliphatic rings. The van der Waals surface area contributed by atoms with E-state index in [0.717, 1.165) is 25.2 Å². The van der Waals surface area contributed by atoms with Crippen LogP contribution in [-0.4, -0.2) is 74.8 Å². The average molecular weight is 472 g/mol. The number of nitrogens with zero attached hydrogens (tertiary/aromatic N) is 1. The number of carboxylic acids is 1. The van der Waals surface area contributed by atoms with Gasteiger partial charge >= 0.3 is 13.1 Å². The zero-order valence-corrected chi connectivity index (χ0v) is 18.6. The summed E-state index contributed by atoms with van der Waals surface area (Å²) in [6.45, 7) is 2.87. The lowest BCUT2D eigenvalue weighted by Crippen LogP contribution is -2.48. The molecule has 6 N–H and O–H groups in total. The van der Waals surface area contributed by atoms with Gasteiger partial charge in [-0.3, -0.25) is 14.5 Å². The molecule has 2 aromatic rings. The number of hydrogen-bond acceptors (Lipinski definition) is 7. The predicted octanol–water partition coefficient (Wildman–Crippen LogP) is 0.669. The summed E-state index contributed by atoms with van der Waals surface area (Å²) in [4.78, 5) is 34.4. The molecule has 2 aromatic carbocycles. The Morgan fingerprint density at radius 1 is 1.06 bits per heavy atom. The number of amides is 1. The molecule has 0 aliphatic carbocycles. The number of carboxylic acid groups (broad SMARTS) is 2. The van der Waals surface area contributed by atoms with Crippen molar-refractivity contribution in [3.05, 3.63) is 64.7 Å². The second kappa shape index (κ2) is 13.3. The highest BCUT2D eigenvalue weighted by Crippen LogP contribution is 2.24. The molecule has 1 saturated heterocycles. The lowest BCUT2D eigenvalue weighted by Gasteiger charge is -2.19. The summed E-state index contributed by atoms with van der Waals surface area (Å²) in [6.07, 6.45) is 2.39. The Morgan fingerprint density at radius 3 is 2.21 bits per heavy atom. The standard InChI is InChI=1S/C22H27BN2O6.CH2O2/c26-20(12-15-6-8-16(9-7-15)14-25-10-1-2-11-25)24-19(23(30)31)13-17-4-3-5-18(21(17)27)22(28)29;2-1-3/h3-9,19,27,30-31H,1-2,10-14H2,(H,24,26)(H,28,29);1H,(H,2,3)/t19-;/m0./s1. The van der Waals surface area contributed by atoms with Crippen LogP contribution in [0.15, 0.2) is 42.5 Å². The Hall–Kier alpha value is -3.41. The third-order valence-corrected chi connectivity index (χ3v) is 5.49. The summed E-state index contributed by atoms with van der Waals surface area (Å²) < 4.78 is 0. The van der Waals surface area contributed by atoms with Gasteiger partial charge in [0.25, 0.3) is 6.47 Å². The zero-order valence-electron chi connectivity index (χ0n) is 18.6. The number of aromatic carboxylic acids is 1. The molecule has 11 heteroatoms. The summed E-state index contributed by atoms with van der Waals surface area (Å²) in [5.41, 5.74) is 1.89. The van der Waals surface area contributed by atoms with Crippen molar-refractivity contribution < 1.29 is 39.8 Å². The maximum atomic E-state index is 12.4. The monoisotopic (exact) mass is 472 g/mol. The van der Waals surface area contributed by atoms with Crippen LogP contribution in [0.4, 0.5) is 0 Å². The molecule has 0 aromatic heterocycles. The van der Waals surface area contributed by atoms with Gasteiger partial charge in [0.15, 0.2) is 0 Å². The molecular formula is C23H29BN2O8. The van der Waals surface area contributed by atoms with Gasteiger partial charge in [0.1, 0.15) is 11.3 Å². The minimum Gasteiger partial charge on any atom is -0.507 e. The smallest absolute Gasteiger partial charge is 0.475 e. The fraction of sp³-hybridized carbons (Fsp3) is 0.348. The fourth-order valence-corrected chi connectivity index (χ4v) is 3.80. The highest BCUT2D eigenvalue weighted by Gasteiger charge is 2.27. The SMILES string of the molecule is O=C(Cc1ccc(CN2CCCC2)cc1)N[C@@H](Cc1cccc(C(=O)O)c1O)B(O)O.O=CO. The zero-order chi connectivity index (χ0) is 25.1. The van der Waals surface area contributed by atoms with Crippen LogP contribution in [0.1, 0.15) is 39.9 Å². The van der Waals surface area contributed by atoms with Gasteiger partial charge in [-0.2, -0.15) is 0 Å². The van der Waals surface area contributed by atoms with Crippen molar-refractivity contribution in [3.63, 3.8) is 0 Å². The largest absolute Gasteiger partial charge is 0.507 e. The van der Waals surface area contributed by atoms with Crippen LogP contribution in [0.3, 0.4) is 0 Å². The second-order valence-electron chi connectivity index (χ2n) is 7.99. The fourth-order valence-electron chi connectivity index (χ4n) is 3.80. The molecule has 0 spiro atoms. The van der Waals surface area contributed by atoms with Crippen molar-refractivity contribution in [2.24, 2.45) is 0 Å². The molecule has 1 heterocycles. The lowest BCUT2D eigenvalue weighted by molar-refractivity contribution is -0.123. The first-order valence-corrected chi connectivity index (χ1v) is 10.8. The van der Waals surface area contributed by atoms with E-state index < -0.39 is 30.7 Å². The first-order valence-electron chi connectivity index (χ1n) is 10.8. The molecule has 34 heavy (non-hydrogen) atoms. The third-order valence-electron chi connectivity index (χ3n) is 5.49. The van der Waals surface area contributed by atoms with Gasteiger partial charge in [0.2, 0.25) is 5.91 Å². The van der Waals surface area contributed by atoms with Crippen LogP contribution in [0.2, 0.25) is 0 Å². The Balaban J connectivity index is 0.00000129. The van der Waals surface area contributed by atoms with Crippen LogP contribution in [-0.2, 0) is 29.0 Å². The van der Waals surface area contributed by atoms with Gasteiger partial charge in [-0.25, -0.2) is 4.79 Å². The van der Waals surface area contributed by atoms with Crippen molar-refractivity contribution in [2.45, 2.75) is 38.2 Å². The van der Waals surface area contributed by atoms with Crippen molar-refractivity contribution in [1.29, 1.82) is 0 Å². The van der Waals surface area contributed by atoms with Gasteiger partial charge < -0.3 is 30.7 Å². The number of phenols is 1. The number of likely N-dealkylation sites (tertiary alicyclic amines) is 1. The van der Waals surface area contributed by atoms with Gasteiger partial charge in [-0.1, -0.05) is 36.4 Å². The van der Waals surface area contributed by atoms with E-state index in [0.29, 0.717) is 0 Å². The molecule has 182 valence electrons. The molecule has 10 nitrogen and oxygen atoms in total. The van der Waals surface area contributed by atoms with Gasteiger partial charge in [-0.05, 0) is 55.1 Å². The molecule has 0 bridgehead atoms. The Kier molecular flexibility index (Phi) is 10.5. The van der Waals surface area contributed by atoms with Crippen LogP contribution < -0.4 is 5.32 Å². The summed E-state index contributed by atoms with van der Waals surface area (Å²) in [7, 11) is -1.88. The molecule has 1 atom stereocenters. The van der Waals surface area contributed by atoms with Gasteiger partial charge in [0.05, 0.1) is 12.4 Å². The van der Waals surface area contributed by atoms with E-state index in [1.54, 1.807) is 0 Å². The number of rotatable bonds is 9. The van der Waals surface area contributed by atoms with Crippen molar-refractivity contribution in [3.8, 4) is 5.75 Å². The summed E-state index contributed by atoms with van der Waals surface area (Å²) in [5, 5.41) is 48.0. The van der Waals surface area contributed by atoms with Crippen molar-refractivity contribution in [2.75, 3.05) is 13.1 Å². The van der Waals surface area contributed by atoms with Crippen molar-refractivity contribution in [1.82, 2.24) is 10.2 Å². The quantitative estimate of drug-likeness (QED) is 0.227. The summed E-state index contributed by atoms with van der Waals surface area (Å²) >= 11 is 0. The Labute approximate surface area is 197 Å². The van der Waals surface area contributed by atoms with E-state index in [9.17, 15) is 24.7 Å². The van der Waals surface area contributed by atoms with Crippen LogP contribution >= 0.6 is 0 Å². The average Bonchev–Trinajstić information content (AvgIpc) is 3.29. The van der Waals surface area contributed by atoms with Gasteiger partial charge in [0, 0.05) is 6.54 Å². The van der Waals surface area contributed by atoms with Crippen LogP contribution in [0.25, 0.3) is 0 Å². The topological polar surface area (TPSA) is 168 Å².